The van der Waals surface area contributed by atoms with Crippen molar-refractivity contribution in [3.63, 3.8) is 0 Å². The topological polar surface area (TPSA) is 78.2 Å². The summed E-state index contributed by atoms with van der Waals surface area (Å²) in [4.78, 5) is 10.4. The molecule has 0 aromatic carbocycles. The largest absolute Gasteiger partial charge is 0.618 e. The standard InChI is InChI=1S/C7H7NO4S/c1-13(11,12)7-6(5-9)3-2-4-8(7)10/h2-5H,1H3. The lowest BCUT2D eigenvalue weighted by Crippen LogP contribution is -2.34. The summed E-state index contributed by atoms with van der Waals surface area (Å²) in [5.41, 5.74) is -0.125. The summed E-state index contributed by atoms with van der Waals surface area (Å²) in [6.07, 6.45) is 2.25. The Balaban J connectivity index is 3.59. The van der Waals surface area contributed by atoms with Crippen molar-refractivity contribution in [2.45, 2.75) is 5.03 Å². The second kappa shape index (κ2) is 3.14. The van der Waals surface area contributed by atoms with Gasteiger partial charge < -0.3 is 5.21 Å². The number of hydrogen-bond acceptors (Lipinski definition) is 4. The minimum atomic E-state index is -3.66. The molecular formula is C7H7NO4S. The molecule has 0 saturated heterocycles. The third-order valence-corrected chi connectivity index (χ3v) is 2.54. The number of carbonyl (C=O) groups excluding carboxylic acids is 1. The number of hydrogen-bond donors (Lipinski definition) is 0. The number of rotatable bonds is 2. The van der Waals surface area contributed by atoms with Crippen molar-refractivity contribution >= 4 is 16.1 Å². The summed E-state index contributed by atoms with van der Waals surface area (Å²) in [6.45, 7) is 0. The molecule has 0 amide bonds. The Bertz CT molecular complexity index is 438. The van der Waals surface area contributed by atoms with Crippen molar-refractivity contribution in [3.8, 4) is 0 Å². The molecule has 0 aliphatic heterocycles. The van der Waals surface area contributed by atoms with Gasteiger partial charge in [-0.1, -0.05) is 0 Å². The molecule has 0 atom stereocenters. The van der Waals surface area contributed by atoms with E-state index in [-0.39, 0.29) is 10.3 Å². The molecule has 1 aromatic heterocycles. The van der Waals surface area contributed by atoms with Crippen molar-refractivity contribution < 1.29 is 17.9 Å². The summed E-state index contributed by atoms with van der Waals surface area (Å²) in [7, 11) is -3.66. The number of nitrogens with zero attached hydrogens (tertiary/aromatic N) is 1. The van der Waals surface area contributed by atoms with Crippen LogP contribution in [0.5, 0.6) is 0 Å². The molecule has 0 spiro atoms. The van der Waals surface area contributed by atoms with E-state index in [0.29, 0.717) is 6.29 Å². The van der Waals surface area contributed by atoms with Gasteiger partial charge in [-0.3, -0.25) is 4.79 Å². The zero-order valence-electron chi connectivity index (χ0n) is 6.80. The van der Waals surface area contributed by atoms with E-state index >= 15 is 0 Å². The van der Waals surface area contributed by atoms with E-state index in [9.17, 15) is 18.4 Å². The highest BCUT2D eigenvalue weighted by Crippen LogP contribution is 2.07. The number of sulfone groups is 1. The van der Waals surface area contributed by atoms with Gasteiger partial charge in [-0.05, 0) is 6.07 Å². The summed E-state index contributed by atoms with van der Waals surface area (Å²) in [5, 5.41) is 10.5. The molecule has 0 aliphatic rings. The van der Waals surface area contributed by atoms with Crippen LogP contribution >= 0.6 is 0 Å². The van der Waals surface area contributed by atoms with Crippen LogP contribution in [0.15, 0.2) is 23.4 Å². The summed E-state index contributed by atoms with van der Waals surface area (Å²) in [5.74, 6) is 0. The molecule has 1 heterocycles. The van der Waals surface area contributed by atoms with Crippen molar-refractivity contribution in [2.75, 3.05) is 6.26 Å². The van der Waals surface area contributed by atoms with Crippen LogP contribution in [0.4, 0.5) is 0 Å². The van der Waals surface area contributed by atoms with Crippen molar-refractivity contribution in [1.82, 2.24) is 0 Å². The Morgan fingerprint density at radius 1 is 1.54 bits per heavy atom. The third kappa shape index (κ3) is 1.83. The second-order valence-electron chi connectivity index (χ2n) is 2.48. The fraction of sp³-hybridized carbons (Fsp3) is 0.143. The van der Waals surface area contributed by atoms with E-state index in [1.54, 1.807) is 0 Å². The van der Waals surface area contributed by atoms with Crippen molar-refractivity contribution in [2.24, 2.45) is 0 Å². The van der Waals surface area contributed by atoms with E-state index in [1.165, 1.54) is 12.1 Å². The highest BCUT2D eigenvalue weighted by atomic mass is 32.2. The quantitative estimate of drug-likeness (QED) is 0.368. The molecule has 0 saturated carbocycles. The minimum Gasteiger partial charge on any atom is -0.618 e. The maximum Gasteiger partial charge on any atom is 0.318 e. The number of pyridine rings is 1. The molecule has 13 heavy (non-hydrogen) atoms. The lowest BCUT2D eigenvalue weighted by atomic mass is 10.3. The van der Waals surface area contributed by atoms with Gasteiger partial charge in [-0.2, -0.15) is 4.73 Å². The van der Waals surface area contributed by atoms with Gasteiger partial charge in [0.2, 0.25) is 9.84 Å². The predicted molar refractivity (Wildman–Crippen MR) is 43.9 cm³/mol. The van der Waals surface area contributed by atoms with Crippen LogP contribution in [0.3, 0.4) is 0 Å². The SMILES string of the molecule is CS(=O)(=O)c1c(C=O)ccc[n+]1[O-]. The average molecular weight is 201 g/mol. The molecule has 5 nitrogen and oxygen atoms in total. The van der Waals surface area contributed by atoms with E-state index in [0.717, 1.165) is 12.5 Å². The first-order chi connectivity index (χ1) is 5.96. The minimum absolute atomic E-state index is 0.125. The van der Waals surface area contributed by atoms with E-state index in [2.05, 4.69) is 0 Å². The molecule has 0 N–H and O–H groups in total. The molecule has 0 aliphatic carbocycles. The third-order valence-electron chi connectivity index (χ3n) is 1.42. The van der Waals surface area contributed by atoms with Gasteiger partial charge in [0.05, 0.1) is 5.56 Å². The molecule has 1 aromatic rings. The van der Waals surface area contributed by atoms with E-state index in [1.807, 2.05) is 0 Å². The van der Waals surface area contributed by atoms with Crippen molar-refractivity contribution in [1.29, 1.82) is 0 Å². The van der Waals surface area contributed by atoms with Crippen molar-refractivity contribution in [3.05, 3.63) is 29.1 Å². The molecular weight excluding hydrogens is 194 g/mol. The van der Waals surface area contributed by atoms with Gasteiger partial charge in [0.15, 0.2) is 12.5 Å². The van der Waals surface area contributed by atoms with Crippen LogP contribution in [-0.4, -0.2) is 21.0 Å². The number of aldehydes is 1. The maximum absolute atomic E-state index is 11.1. The number of carbonyl (C=O) groups is 1. The first-order valence-corrected chi connectivity index (χ1v) is 5.23. The van der Waals surface area contributed by atoms with Gasteiger partial charge >= 0.3 is 5.03 Å². The normalized spacial score (nSPS) is 11.2. The predicted octanol–water partition coefficient (Wildman–Crippen LogP) is -0.464. The Morgan fingerprint density at radius 2 is 2.15 bits per heavy atom. The summed E-state index contributed by atoms with van der Waals surface area (Å²) in [6, 6.07) is 2.59. The van der Waals surface area contributed by atoms with Gasteiger partial charge in [-0.25, -0.2) is 8.42 Å². The molecule has 0 unspecified atom stereocenters. The van der Waals surface area contributed by atoms with Gasteiger partial charge in [0.1, 0.15) is 0 Å². The Morgan fingerprint density at radius 3 is 2.54 bits per heavy atom. The monoisotopic (exact) mass is 201 g/mol. The average Bonchev–Trinajstić information content (AvgIpc) is 2.01. The highest BCUT2D eigenvalue weighted by molar-refractivity contribution is 7.90. The van der Waals surface area contributed by atoms with Gasteiger partial charge in [0.25, 0.3) is 0 Å². The second-order valence-corrected chi connectivity index (χ2v) is 4.42. The molecule has 6 heteroatoms. The van der Waals surface area contributed by atoms with Crippen LogP contribution < -0.4 is 4.73 Å². The summed E-state index contributed by atoms with van der Waals surface area (Å²) >= 11 is 0. The van der Waals surface area contributed by atoms with E-state index < -0.39 is 14.9 Å². The maximum atomic E-state index is 11.1. The molecule has 0 bridgehead atoms. The lowest BCUT2D eigenvalue weighted by molar-refractivity contribution is -0.646. The zero-order valence-corrected chi connectivity index (χ0v) is 7.61. The Hall–Kier alpha value is -1.43. The first kappa shape index (κ1) is 9.66. The van der Waals surface area contributed by atoms with Crippen LogP contribution in [0.1, 0.15) is 10.4 Å². The zero-order chi connectivity index (χ0) is 10.1. The fourth-order valence-electron chi connectivity index (χ4n) is 0.958. The first-order valence-electron chi connectivity index (χ1n) is 3.34. The fourth-order valence-corrected chi connectivity index (χ4v) is 1.89. The van der Waals surface area contributed by atoms with Crippen LogP contribution in [0, 0.1) is 5.21 Å². The molecule has 70 valence electrons. The van der Waals surface area contributed by atoms with Gasteiger partial charge in [-0.15, -0.1) is 0 Å². The number of aromatic nitrogens is 1. The van der Waals surface area contributed by atoms with Crippen LogP contribution in [-0.2, 0) is 9.84 Å². The molecule has 0 fully saturated rings. The Labute approximate surface area is 75.1 Å². The smallest absolute Gasteiger partial charge is 0.318 e. The van der Waals surface area contributed by atoms with E-state index in [4.69, 9.17) is 0 Å². The molecule has 1 rings (SSSR count). The highest BCUT2D eigenvalue weighted by Gasteiger charge is 2.22. The van der Waals surface area contributed by atoms with Crippen LogP contribution in [0.25, 0.3) is 0 Å². The van der Waals surface area contributed by atoms with Crippen LogP contribution in [0.2, 0.25) is 0 Å². The summed E-state index contributed by atoms with van der Waals surface area (Å²) < 4.78 is 22.3. The Kier molecular flexibility index (Phi) is 2.33. The van der Waals surface area contributed by atoms with Gasteiger partial charge in [0, 0.05) is 12.3 Å². The lowest BCUT2D eigenvalue weighted by Gasteiger charge is -2.02. The molecule has 0 radical (unpaired) electrons.